The van der Waals surface area contributed by atoms with Gasteiger partial charge < -0.3 is 0 Å². The van der Waals surface area contributed by atoms with Crippen molar-refractivity contribution < 1.29 is 0 Å². The lowest BCUT2D eigenvalue weighted by atomic mass is 9.72. The topological polar surface area (TPSA) is 0 Å². The predicted octanol–water partition coefficient (Wildman–Crippen LogP) is 6.90. The van der Waals surface area contributed by atoms with Gasteiger partial charge in [-0.3, -0.25) is 0 Å². The number of fused-ring (bicyclic) bond motifs is 7. The summed E-state index contributed by atoms with van der Waals surface area (Å²) >= 11 is 6.46. The van der Waals surface area contributed by atoms with Crippen LogP contribution in [0.15, 0.2) is 60.7 Å². The molecule has 130 valence electrons. The molecule has 26 heavy (non-hydrogen) atoms. The van der Waals surface area contributed by atoms with Gasteiger partial charge in [0.2, 0.25) is 0 Å². The SMILES string of the molecule is CC(C)(C)c1ccc2c(c1)C1(CC2)c2ccccc2-c2ccc(Cl)cc21. The standard InChI is InChI=1S/C25H23Cl/c1-24(2,3)17-9-8-16-12-13-25(22(16)14-17)21-7-5-4-6-19(21)20-11-10-18(26)15-23(20)25/h4-11,14-15H,12-13H2,1-3H3. The fourth-order valence-electron chi connectivity index (χ4n) is 5.01. The van der Waals surface area contributed by atoms with Crippen LogP contribution in [0.1, 0.15) is 55.0 Å². The second-order valence-corrected chi connectivity index (χ2v) is 9.20. The summed E-state index contributed by atoms with van der Waals surface area (Å²) in [5.41, 5.74) is 10.0. The van der Waals surface area contributed by atoms with Crippen LogP contribution in [0.3, 0.4) is 0 Å². The summed E-state index contributed by atoms with van der Waals surface area (Å²) in [6, 6.07) is 22.5. The smallest absolute Gasteiger partial charge is 0.0470 e. The summed E-state index contributed by atoms with van der Waals surface area (Å²) in [6.07, 6.45) is 2.25. The van der Waals surface area contributed by atoms with E-state index >= 15 is 0 Å². The molecule has 0 nitrogen and oxygen atoms in total. The average Bonchev–Trinajstić information content (AvgIpc) is 3.13. The quantitative estimate of drug-likeness (QED) is 0.410. The van der Waals surface area contributed by atoms with Gasteiger partial charge in [0.1, 0.15) is 0 Å². The van der Waals surface area contributed by atoms with Gasteiger partial charge in [-0.05, 0) is 69.3 Å². The lowest BCUT2D eigenvalue weighted by Crippen LogP contribution is -2.24. The minimum absolute atomic E-state index is 0.0482. The molecule has 1 unspecified atom stereocenters. The zero-order valence-electron chi connectivity index (χ0n) is 15.6. The highest BCUT2D eigenvalue weighted by atomic mass is 35.5. The lowest BCUT2D eigenvalue weighted by Gasteiger charge is -2.30. The Morgan fingerprint density at radius 1 is 0.808 bits per heavy atom. The monoisotopic (exact) mass is 358 g/mol. The molecule has 1 heteroatoms. The van der Waals surface area contributed by atoms with Crippen LogP contribution < -0.4 is 0 Å². The number of rotatable bonds is 0. The molecule has 2 aliphatic rings. The fraction of sp³-hybridized carbons (Fsp3) is 0.280. The van der Waals surface area contributed by atoms with Crippen molar-refractivity contribution in [1.29, 1.82) is 0 Å². The van der Waals surface area contributed by atoms with Crippen LogP contribution in [0.2, 0.25) is 5.02 Å². The Kier molecular flexibility index (Phi) is 3.25. The molecule has 5 rings (SSSR count). The minimum Gasteiger partial charge on any atom is -0.0843 e. The highest BCUT2D eigenvalue weighted by Gasteiger charge is 2.48. The van der Waals surface area contributed by atoms with E-state index in [1.807, 2.05) is 6.07 Å². The molecule has 0 N–H and O–H groups in total. The van der Waals surface area contributed by atoms with Gasteiger partial charge >= 0.3 is 0 Å². The van der Waals surface area contributed by atoms with E-state index < -0.39 is 0 Å². The second-order valence-electron chi connectivity index (χ2n) is 8.76. The van der Waals surface area contributed by atoms with Crippen LogP contribution >= 0.6 is 11.6 Å². The average molecular weight is 359 g/mol. The van der Waals surface area contributed by atoms with Gasteiger partial charge in [0.25, 0.3) is 0 Å². The Morgan fingerprint density at radius 3 is 2.38 bits per heavy atom. The van der Waals surface area contributed by atoms with E-state index in [0.717, 1.165) is 17.9 Å². The van der Waals surface area contributed by atoms with E-state index in [2.05, 4.69) is 75.4 Å². The molecule has 1 spiro atoms. The van der Waals surface area contributed by atoms with E-state index in [1.54, 1.807) is 0 Å². The first-order valence-electron chi connectivity index (χ1n) is 9.45. The van der Waals surface area contributed by atoms with Gasteiger partial charge in [-0.2, -0.15) is 0 Å². The zero-order chi connectivity index (χ0) is 18.1. The van der Waals surface area contributed by atoms with E-state index in [9.17, 15) is 0 Å². The predicted molar refractivity (Wildman–Crippen MR) is 110 cm³/mol. The maximum absolute atomic E-state index is 6.46. The van der Waals surface area contributed by atoms with Crippen molar-refractivity contribution in [2.24, 2.45) is 0 Å². The van der Waals surface area contributed by atoms with Crippen LogP contribution in [0.5, 0.6) is 0 Å². The van der Waals surface area contributed by atoms with Gasteiger partial charge in [0, 0.05) is 10.4 Å². The van der Waals surface area contributed by atoms with E-state index in [-0.39, 0.29) is 10.8 Å². The van der Waals surface area contributed by atoms with Crippen LogP contribution in [-0.4, -0.2) is 0 Å². The second kappa shape index (κ2) is 5.24. The van der Waals surface area contributed by atoms with Crippen molar-refractivity contribution >= 4 is 11.6 Å². The number of hydrogen-bond acceptors (Lipinski definition) is 0. The highest BCUT2D eigenvalue weighted by Crippen LogP contribution is 2.58. The summed E-state index contributed by atoms with van der Waals surface area (Å²) < 4.78 is 0. The molecule has 0 radical (unpaired) electrons. The Bertz CT molecular complexity index is 1040. The van der Waals surface area contributed by atoms with Crippen molar-refractivity contribution in [1.82, 2.24) is 0 Å². The Balaban J connectivity index is 1.86. The van der Waals surface area contributed by atoms with Gasteiger partial charge in [-0.25, -0.2) is 0 Å². The first kappa shape index (κ1) is 16.1. The van der Waals surface area contributed by atoms with Gasteiger partial charge in [0.15, 0.2) is 0 Å². The lowest BCUT2D eigenvalue weighted by molar-refractivity contribution is 0.584. The number of hydrogen-bond donors (Lipinski definition) is 0. The molecule has 1 atom stereocenters. The van der Waals surface area contributed by atoms with Crippen LogP contribution in [0.4, 0.5) is 0 Å². The summed E-state index contributed by atoms with van der Waals surface area (Å²) in [6.45, 7) is 6.89. The molecule has 0 saturated carbocycles. The number of benzene rings is 3. The van der Waals surface area contributed by atoms with Crippen LogP contribution in [-0.2, 0) is 17.3 Å². The summed E-state index contributed by atoms with van der Waals surface area (Å²) in [5.74, 6) is 0. The van der Waals surface area contributed by atoms with Crippen molar-refractivity contribution in [3.8, 4) is 11.1 Å². The summed E-state index contributed by atoms with van der Waals surface area (Å²) in [4.78, 5) is 0. The third kappa shape index (κ3) is 2.03. The molecule has 0 aliphatic heterocycles. The van der Waals surface area contributed by atoms with Gasteiger partial charge in [0.05, 0.1) is 0 Å². The fourth-order valence-corrected chi connectivity index (χ4v) is 5.19. The molecule has 3 aromatic rings. The van der Waals surface area contributed by atoms with Gasteiger partial charge in [-0.15, -0.1) is 0 Å². The number of aryl methyl sites for hydroxylation is 1. The molecule has 0 aromatic heterocycles. The zero-order valence-corrected chi connectivity index (χ0v) is 16.3. The van der Waals surface area contributed by atoms with E-state index in [0.29, 0.717) is 0 Å². The summed E-state index contributed by atoms with van der Waals surface area (Å²) in [5, 5.41) is 0.830. The molecule has 0 saturated heterocycles. The molecule has 0 heterocycles. The van der Waals surface area contributed by atoms with Crippen molar-refractivity contribution in [2.75, 3.05) is 0 Å². The Hall–Kier alpha value is -2.05. The van der Waals surface area contributed by atoms with Crippen molar-refractivity contribution in [3.05, 3.63) is 93.5 Å². The molecule has 0 fully saturated rings. The molecule has 0 bridgehead atoms. The summed E-state index contributed by atoms with van der Waals surface area (Å²) in [7, 11) is 0. The van der Waals surface area contributed by atoms with Crippen molar-refractivity contribution in [2.45, 2.75) is 44.4 Å². The normalized spacial score (nSPS) is 20.2. The van der Waals surface area contributed by atoms with Crippen LogP contribution in [0.25, 0.3) is 11.1 Å². The molecular weight excluding hydrogens is 336 g/mol. The first-order valence-corrected chi connectivity index (χ1v) is 9.83. The highest BCUT2D eigenvalue weighted by molar-refractivity contribution is 6.30. The van der Waals surface area contributed by atoms with Crippen LogP contribution in [0, 0.1) is 0 Å². The first-order chi connectivity index (χ1) is 12.4. The Morgan fingerprint density at radius 2 is 1.58 bits per heavy atom. The molecular formula is C25H23Cl. The van der Waals surface area contributed by atoms with E-state index in [1.165, 1.54) is 38.9 Å². The minimum atomic E-state index is -0.0482. The third-order valence-corrected chi connectivity index (χ3v) is 6.56. The maximum Gasteiger partial charge on any atom is 0.0470 e. The van der Waals surface area contributed by atoms with Gasteiger partial charge in [-0.1, -0.05) is 80.9 Å². The largest absolute Gasteiger partial charge is 0.0843 e. The molecule has 2 aliphatic carbocycles. The molecule has 3 aromatic carbocycles. The van der Waals surface area contributed by atoms with Crippen molar-refractivity contribution in [3.63, 3.8) is 0 Å². The Labute approximate surface area is 160 Å². The maximum atomic E-state index is 6.46. The van der Waals surface area contributed by atoms with E-state index in [4.69, 9.17) is 11.6 Å². The third-order valence-electron chi connectivity index (χ3n) is 6.32. The molecule has 0 amide bonds. The number of halogens is 1.